The summed E-state index contributed by atoms with van der Waals surface area (Å²) in [5.41, 5.74) is 1.15. The van der Waals surface area contributed by atoms with Crippen LogP contribution < -0.4 is 0 Å². The molecule has 0 unspecified atom stereocenters. The average molecular weight is 183 g/mol. The second kappa shape index (κ2) is 3.49. The zero-order chi connectivity index (χ0) is 9.14. The molecule has 0 radical (unpaired) electrons. The Morgan fingerprint density at radius 2 is 2.25 bits per heavy atom. The largest absolute Gasteiger partial charge is 0.324 e. The van der Waals surface area contributed by atoms with Crippen molar-refractivity contribution in [2.75, 3.05) is 0 Å². The van der Waals surface area contributed by atoms with Crippen LogP contribution in [-0.4, -0.2) is 4.92 Å². The van der Waals surface area contributed by atoms with E-state index in [-0.39, 0.29) is 9.92 Å². The van der Waals surface area contributed by atoms with E-state index in [1.54, 1.807) is 6.07 Å². The van der Waals surface area contributed by atoms with E-state index in [0.29, 0.717) is 0 Å². The molecule has 0 saturated carbocycles. The first kappa shape index (κ1) is 8.93. The number of hydrogen-bond donors (Lipinski definition) is 0. The van der Waals surface area contributed by atoms with Gasteiger partial charge < -0.3 is 0 Å². The fourth-order valence-electron chi connectivity index (χ4n) is 0.802. The molecule has 1 heterocycles. The quantitative estimate of drug-likeness (QED) is 0.522. The molecule has 1 aromatic heterocycles. The summed E-state index contributed by atoms with van der Waals surface area (Å²) in [5.74, 6) is 0. The topological polar surface area (TPSA) is 43.1 Å². The number of thiophene rings is 1. The molecule has 64 valence electrons. The summed E-state index contributed by atoms with van der Waals surface area (Å²) in [6, 6.07) is 3.29. The molecule has 0 amide bonds. The zero-order valence-corrected chi connectivity index (χ0v) is 7.72. The van der Waals surface area contributed by atoms with E-state index < -0.39 is 0 Å². The second-order valence-corrected chi connectivity index (χ2v) is 3.75. The van der Waals surface area contributed by atoms with Gasteiger partial charge in [0.25, 0.3) is 0 Å². The highest BCUT2D eigenvalue weighted by Crippen LogP contribution is 2.25. The Kier molecular flexibility index (Phi) is 2.60. The van der Waals surface area contributed by atoms with Gasteiger partial charge >= 0.3 is 5.00 Å². The SMILES string of the molecule is CC(C)=Cc1ccc([N+](=O)[O-])s1. The van der Waals surface area contributed by atoms with E-state index in [1.807, 2.05) is 19.9 Å². The molecule has 0 aromatic carbocycles. The smallest absolute Gasteiger partial charge is 0.258 e. The lowest BCUT2D eigenvalue weighted by atomic mass is 10.3. The van der Waals surface area contributed by atoms with Crippen molar-refractivity contribution in [3.8, 4) is 0 Å². The third-order valence-electron chi connectivity index (χ3n) is 1.22. The van der Waals surface area contributed by atoms with Crippen molar-refractivity contribution in [1.82, 2.24) is 0 Å². The van der Waals surface area contributed by atoms with Crippen molar-refractivity contribution >= 4 is 22.4 Å². The first-order valence-electron chi connectivity index (χ1n) is 3.49. The lowest BCUT2D eigenvalue weighted by Gasteiger charge is -1.85. The Morgan fingerprint density at radius 1 is 1.58 bits per heavy atom. The molecule has 1 aromatic rings. The molecular weight excluding hydrogens is 174 g/mol. The molecule has 0 atom stereocenters. The van der Waals surface area contributed by atoms with Crippen LogP contribution in [0, 0.1) is 10.1 Å². The van der Waals surface area contributed by atoms with E-state index in [2.05, 4.69) is 0 Å². The normalized spacial score (nSPS) is 9.50. The molecule has 0 fully saturated rings. The van der Waals surface area contributed by atoms with Crippen molar-refractivity contribution in [1.29, 1.82) is 0 Å². The van der Waals surface area contributed by atoms with Crippen LogP contribution in [0.1, 0.15) is 18.7 Å². The summed E-state index contributed by atoms with van der Waals surface area (Å²) in [7, 11) is 0. The van der Waals surface area contributed by atoms with Crippen LogP contribution in [0.2, 0.25) is 0 Å². The highest BCUT2D eigenvalue weighted by atomic mass is 32.1. The van der Waals surface area contributed by atoms with E-state index in [1.165, 1.54) is 17.4 Å². The number of allylic oxidation sites excluding steroid dienone is 1. The lowest BCUT2D eigenvalue weighted by molar-refractivity contribution is -0.380. The molecule has 1 rings (SSSR count). The highest BCUT2D eigenvalue weighted by molar-refractivity contribution is 7.16. The molecule has 0 aliphatic heterocycles. The summed E-state index contributed by atoms with van der Waals surface area (Å²) < 4.78 is 0. The Morgan fingerprint density at radius 3 is 2.67 bits per heavy atom. The fraction of sp³-hybridized carbons (Fsp3) is 0.250. The van der Waals surface area contributed by atoms with E-state index in [0.717, 1.165) is 10.5 Å². The first-order chi connectivity index (χ1) is 5.59. The monoisotopic (exact) mass is 183 g/mol. The Labute approximate surface area is 74.5 Å². The summed E-state index contributed by atoms with van der Waals surface area (Å²) in [6.07, 6.45) is 1.93. The van der Waals surface area contributed by atoms with Gasteiger partial charge in [0.15, 0.2) is 0 Å². The van der Waals surface area contributed by atoms with E-state index in [9.17, 15) is 10.1 Å². The Bertz CT molecular complexity index is 324. The predicted octanol–water partition coefficient (Wildman–Crippen LogP) is 3.08. The van der Waals surface area contributed by atoms with E-state index in [4.69, 9.17) is 0 Å². The second-order valence-electron chi connectivity index (χ2n) is 2.65. The van der Waals surface area contributed by atoms with Gasteiger partial charge in [-0.05, 0) is 26.0 Å². The first-order valence-corrected chi connectivity index (χ1v) is 4.30. The standard InChI is InChI=1S/C8H9NO2S/c1-6(2)5-7-3-4-8(12-7)9(10)11/h3-5H,1-2H3. The molecule has 0 aliphatic carbocycles. The van der Waals surface area contributed by atoms with Crippen LogP contribution in [0.3, 0.4) is 0 Å². The zero-order valence-electron chi connectivity index (χ0n) is 6.90. The molecule has 0 bridgehead atoms. The van der Waals surface area contributed by atoms with Crippen LogP contribution in [0.15, 0.2) is 17.7 Å². The maximum atomic E-state index is 10.3. The van der Waals surface area contributed by atoms with Crippen molar-refractivity contribution in [3.63, 3.8) is 0 Å². The average Bonchev–Trinajstić information content (AvgIpc) is 2.34. The molecule has 0 spiro atoms. The van der Waals surface area contributed by atoms with Gasteiger partial charge in [-0.25, -0.2) is 0 Å². The van der Waals surface area contributed by atoms with Crippen LogP contribution in [-0.2, 0) is 0 Å². The summed E-state index contributed by atoms with van der Waals surface area (Å²) >= 11 is 1.19. The van der Waals surface area contributed by atoms with Gasteiger partial charge in [0, 0.05) is 10.9 Å². The minimum absolute atomic E-state index is 0.197. The van der Waals surface area contributed by atoms with E-state index >= 15 is 0 Å². The third kappa shape index (κ3) is 2.17. The minimum Gasteiger partial charge on any atom is -0.258 e. The van der Waals surface area contributed by atoms with Crippen LogP contribution in [0.5, 0.6) is 0 Å². The molecule has 12 heavy (non-hydrogen) atoms. The van der Waals surface area contributed by atoms with Gasteiger partial charge in [-0.2, -0.15) is 0 Å². The predicted molar refractivity (Wildman–Crippen MR) is 50.3 cm³/mol. The van der Waals surface area contributed by atoms with Gasteiger partial charge in [0.1, 0.15) is 0 Å². The Hall–Kier alpha value is -1.16. The highest BCUT2D eigenvalue weighted by Gasteiger charge is 2.07. The van der Waals surface area contributed by atoms with Crippen molar-refractivity contribution in [2.24, 2.45) is 0 Å². The molecular formula is C8H9NO2S. The fourth-order valence-corrected chi connectivity index (χ4v) is 1.69. The number of nitro groups is 1. The number of nitrogens with zero attached hydrogens (tertiary/aromatic N) is 1. The maximum absolute atomic E-state index is 10.3. The van der Waals surface area contributed by atoms with Crippen molar-refractivity contribution in [2.45, 2.75) is 13.8 Å². The van der Waals surface area contributed by atoms with Crippen molar-refractivity contribution < 1.29 is 4.92 Å². The molecule has 3 nitrogen and oxygen atoms in total. The van der Waals surface area contributed by atoms with Gasteiger partial charge in [0.05, 0.1) is 4.92 Å². The van der Waals surface area contributed by atoms with Crippen LogP contribution in [0.25, 0.3) is 6.08 Å². The van der Waals surface area contributed by atoms with Crippen molar-refractivity contribution in [3.05, 3.63) is 32.7 Å². The van der Waals surface area contributed by atoms with Gasteiger partial charge in [-0.15, -0.1) is 0 Å². The van der Waals surface area contributed by atoms with Crippen LogP contribution >= 0.6 is 11.3 Å². The molecule has 0 aliphatic rings. The maximum Gasteiger partial charge on any atom is 0.324 e. The van der Waals surface area contributed by atoms with Gasteiger partial charge in [-0.1, -0.05) is 16.9 Å². The van der Waals surface area contributed by atoms with Gasteiger partial charge in [0.2, 0.25) is 0 Å². The summed E-state index contributed by atoms with van der Waals surface area (Å²) in [4.78, 5) is 10.9. The molecule has 0 saturated heterocycles. The summed E-state index contributed by atoms with van der Waals surface area (Å²) in [6.45, 7) is 3.93. The minimum atomic E-state index is -0.368. The number of rotatable bonds is 2. The molecule has 0 N–H and O–H groups in total. The summed E-state index contributed by atoms with van der Waals surface area (Å²) in [5, 5.41) is 10.5. The van der Waals surface area contributed by atoms with Gasteiger partial charge in [-0.3, -0.25) is 10.1 Å². The Balaban J connectivity index is 2.92. The third-order valence-corrected chi connectivity index (χ3v) is 2.21. The number of hydrogen-bond acceptors (Lipinski definition) is 3. The molecule has 4 heteroatoms. The van der Waals surface area contributed by atoms with Crippen LogP contribution in [0.4, 0.5) is 5.00 Å². The lowest BCUT2D eigenvalue weighted by Crippen LogP contribution is -1.80.